The van der Waals surface area contributed by atoms with Gasteiger partial charge in [-0.25, -0.2) is 9.59 Å². The highest BCUT2D eigenvalue weighted by Crippen LogP contribution is 2.40. The summed E-state index contributed by atoms with van der Waals surface area (Å²) < 4.78 is 56.5. The highest BCUT2D eigenvalue weighted by Gasteiger charge is 2.53. The number of esters is 2. The van der Waals surface area contributed by atoms with Crippen LogP contribution in [0.2, 0.25) is 0 Å². The van der Waals surface area contributed by atoms with E-state index in [1.54, 1.807) is 0 Å². The number of allylic oxidation sites excluding steroid dienone is 2. The van der Waals surface area contributed by atoms with Crippen molar-refractivity contribution in [3.8, 4) is 28.7 Å². The van der Waals surface area contributed by atoms with E-state index in [9.17, 15) is 81.1 Å². The zero-order chi connectivity index (χ0) is 56.1. The van der Waals surface area contributed by atoms with Crippen LogP contribution in [0.1, 0.15) is 16.7 Å². The summed E-state index contributed by atoms with van der Waals surface area (Å²) >= 11 is 0. The minimum Gasteiger partial charge on any atom is -0.571 e. The lowest BCUT2D eigenvalue weighted by Crippen LogP contribution is -2.64. The second-order valence-electron chi connectivity index (χ2n) is 18.2. The van der Waals surface area contributed by atoms with Crippen molar-refractivity contribution in [1.82, 2.24) is 0 Å². The molecule has 0 radical (unpaired) electrons. The number of aliphatic hydroxyl groups is 12. The van der Waals surface area contributed by atoms with Crippen LogP contribution < -0.4 is 4.74 Å². The predicted octanol–water partition coefficient (Wildman–Crippen LogP) is -1.65. The van der Waals surface area contributed by atoms with Crippen molar-refractivity contribution in [1.29, 1.82) is 0 Å². The van der Waals surface area contributed by atoms with Gasteiger partial charge in [0.05, 0.1) is 30.9 Å². The Hall–Kier alpha value is -7.28. The molecule has 3 saturated heterocycles. The number of carbonyl (C=O) groups is 2. The molecule has 8 rings (SSSR count). The number of fused-ring (bicyclic) bond motifs is 1. The predicted molar refractivity (Wildman–Crippen MR) is 260 cm³/mol. The number of hydrogen-bond donors (Lipinski definition) is 14. The quantitative estimate of drug-likeness (QED) is 0.0312. The van der Waals surface area contributed by atoms with Crippen molar-refractivity contribution in [2.45, 2.75) is 98.2 Å². The molecule has 78 heavy (non-hydrogen) atoms. The molecule has 15 N–H and O–H groups in total. The molecule has 3 aromatic carbocycles. The van der Waals surface area contributed by atoms with E-state index in [0.29, 0.717) is 5.56 Å². The molecular formula is C52H57O26+. The second-order valence-corrected chi connectivity index (χ2v) is 18.2. The van der Waals surface area contributed by atoms with Gasteiger partial charge in [-0.05, 0) is 71.8 Å². The van der Waals surface area contributed by atoms with Gasteiger partial charge in [0.2, 0.25) is 24.4 Å². The number of phenolic OH excluding ortho intramolecular Hbond substituents is 4. The average molecular weight is 1100 g/mol. The lowest BCUT2D eigenvalue weighted by atomic mass is 9.96. The minimum atomic E-state index is -2.12. The fraction of sp³-hybridized carbons (Fsp3) is 0.385. The first-order valence-electron chi connectivity index (χ1n) is 23.9. The lowest BCUT2D eigenvalue weighted by Gasteiger charge is -2.46. The van der Waals surface area contributed by atoms with Crippen molar-refractivity contribution >= 4 is 29.8 Å². The van der Waals surface area contributed by atoms with E-state index >= 15 is 0 Å². The van der Waals surface area contributed by atoms with Gasteiger partial charge in [-0.2, -0.15) is 0 Å². The van der Waals surface area contributed by atoms with E-state index in [-0.39, 0.29) is 51.2 Å². The molecule has 4 aliphatic heterocycles. The number of hydrogen-bond acceptors (Lipinski definition) is 25. The minimum absolute atomic E-state index is 0.0329. The van der Waals surface area contributed by atoms with Crippen molar-refractivity contribution in [2.75, 3.05) is 26.9 Å². The summed E-state index contributed by atoms with van der Waals surface area (Å²) in [5.74, 6) is -3.98. The number of phenols is 4. The number of methoxy groups -OCH3 is 1. The van der Waals surface area contributed by atoms with E-state index in [0.717, 1.165) is 24.3 Å². The third kappa shape index (κ3) is 12.8. The van der Waals surface area contributed by atoms with Crippen molar-refractivity contribution < 1.29 is 128 Å². The maximum absolute atomic E-state index is 13.0. The van der Waals surface area contributed by atoms with Crippen molar-refractivity contribution in [2.24, 2.45) is 0 Å². The molecule has 1 unspecified atom stereocenters. The van der Waals surface area contributed by atoms with Crippen LogP contribution in [0, 0.1) is 0 Å². The smallest absolute Gasteiger partial charge is 0.330 e. The summed E-state index contributed by atoms with van der Waals surface area (Å²) in [7, 11) is 1.33. The lowest BCUT2D eigenvalue weighted by molar-refractivity contribution is -0.363. The van der Waals surface area contributed by atoms with Crippen LogP contribution >= 0.6 is 0 Å². The maximum atomic E-state index is 13.0. The Labute approximate surface area is 441 Å². The monoisotopic (exact) mass is 1100 g/mol. The summed E-state index contributed by atoms with van der Waals surface area (Å²) in [4.78, 5) is 25.8. The fourth-order valence-corrected chi connectivity index (χ4v) is 8.58. The molecule has 0 aromatic heterocycles. The Kier molecular flexibility index (Phi) is 17.9. The van der Waals surface area contributed by atoms with Gasteiger partial charge in [-0.3, -0.25) is 0 Å². The van der Waals surface area contributed by atoms with E-state index < -0.39 is 147 Å². The molecule has 420 valence electrons. The van der Waals surface area contributed by atoms with E-state index in [1.807, 2.05) is 0 Å². The van der Waals surface area contributed by atoms with Crippen LogP contribution in [0.3, 0.4) is 0 Å². The molecular weight excluding hydrogens is 1040 g/mol. The normalized spacial score (nSPS) is 32.1. The molecule has 3 aromatic rings. The fourth-order valence-electron chi connectivity index (χ4n) is 8.58. The number of aliphatic hydroxyl groups excluding tert-OH is 10. The Bertz CT molecular complexity index is 2820. The molecule has 0 saturated carbocycles. The highest BCUT2D eigenvalue weighted by molar-refractivity contribution is 5.87. The van der Waals surface area contributed by atoms with Crippen LogP contribution in [0.25, 0.3) is 17.9 Å². The summed E-state index contributed by atoms with van der Waals surface area (Å²) in [5.41, 5.74) is 1.03. The Balaban J connectivity index is 1.10. The topological polar surface area (TPSA) is 413 Å². The van der Waals surface area contributed by atoms with Gasteiger partial charge in [0.1, 0.15) is 97.6 Å². The molecule has 0 spiro atoms. The Morgan fingerprint density at radius 2 is 1.17 bits per heavy atom. The first-order valence-corrected chi connectivity index (χ1v) is 23.9. The van der Waals surface area contributed by atoms with Gasteiger partial charge in [0.15, 0.2) is 35.4 Å². The molecule has 26 heteroatoms. The maximum Gasteiger partial charge on any atom is 0.330 e. The van der Waals surface area contributed by atoms with E-state index in [2.05, 4.69) is 0 Å². The Morgan fingerprint density at radius 1 is 0.603 bits per heavy atom. The van der Waals surface area contributed by atoms with E-state index in [1.165, 1.54) is 86.0 Å². The van der Waals surface area contributed by atoms with Gasteiger partial charge in [0, 0.05) is 24.3 Å². The van der Waals surface area contributed by atoms with Crippen LogP contribution in [0.4, 0.5) is 0 Å². The van der Waals surface area contributed by atoms with E-state index in [4.69, 9.17) is 47.4 Å². The van der Waals surface area contributed by atoms with Crippen molar-refractivity contribution in [3.63, 3.8) is 0 Å². The summed E-state index contributed by atoms with van der Waals surface area (Å²) in [5, 5.41) is 149. The molecule has 1 aliphatic carbocycles. The molecule has 0 amide bonds. The second kappa shape index (κ2) is 24.6. The molecule has 3 fully saturated rings. The van der Waals surface area contributed by atoms with Gasteiger partial charge in [0.25, 0.3) is 0 Å². The number of rotatable bonds is 17. The summed E-state index contributed by atoms with van der Waals surface area (Å²) in [6.07, 6.45) is -21.1. The summed E-state index contributed by atoms with van der Waals surface area (Å²) in [6, 6.07) is 13.4. The SMILES string of the molecule is COc1cc(/C=C/C(=O)OC[C@H]2O[C@@H](OC3=C(c4ccc(O)cc4)[OH+]C4C=C(O)C=C(O[C@@H]5O[C@H](CO)[C@@H](O)[C@H](O)[C@H]5O)C4=C3)[C@H](O[C@@H]3O[C@H](COC(=O)/C=C/c4ccc(O)c(O)c4)[C@@H](O)[C@H](O)[C@H]3O)[C@@H](O)[C@@H]2O)ccc1O. The van der Waals surface area contributed by atoms with Gasteiger partial charge in [-0.1, -0.05) is 12.1 Å². The first kappa shape index (κ1) is 56.9. The Morgan fingerprint density at radius 3 is 1.78 bits per heavy atom. The van der Waals surface area contributed by atoms with Crippen LogP contribution in [-0.4, -0.2) is 213 Å². The molecule has 0 bridgehead atoms. The average Bonchev–Trinajstić information content (AvgIpc) is 3.48. The van der Waals surface area contributed by atoms with Crippen LogP contribution in [-0.2, 0) is 47.5 Å². The third-order valence-corrected chi connectivity index (χ3v) is 12.9. The number of ether oxygens (including phenoxy) is 10. The van der Waals surface area contributed by atoms with Gasteiger partial charge >= 0.3 is 17.7 Å². The molecule has 16 atom stereocenters. The number of benzene rings is 3. The molecule has 4 heterocycles. The highest BCUT2D eigenvalue weighted by atomic mass is 16.8. The van der Waals surface area contributed by atoms with Gasteiger partial charge < -0.3 is 119 Å². The van der Waals surface area contributed by atoms with Crippen molar-refractivity contribution in [3.05, 3.63) is 131 Å². The van der Waals surface area contributed by atoms with Crippen LogP contribution in [0.5, 0.6) is 28.7 Å². The largest absolute Gasteiger partial charge is 0.571 e. The zero-order valence-corrected chi connectivity index (χ0v) is 40.9. The third-order valence-electron chi connectivity index (χ3n) is 12.9. The zero-order valence-electron chi connectivity index (χ0n) is 40.9. The number of aromatic hydroxyl groups is 4. The molecule has 26 nitrogen and oxygen atoms in total. The van der Waals surface area contributed by atoms with Gasteiger partial charge in [-0.15, -0.1) is 0 Å². The molecule has 5 aliphatic rings. The number of carbonyl (C=O) groups excluding carboxylic acids is 2. The van der Waals surface area contributed by atoms with Crippen LogP contribution in [0.15, 0.2) is 114 Å². The summed E-state index contributed by atoms with van der Waals surface area (Å²) in [6.45, 7) is -2.33. The first-order chi connectivity index (χ1) is 37.2. The standard InChI is InChI=1S/C52H56O26/c1-69-33-15-23(3-11-29(33)57)5-13-39(60)71-21-37-42(63)45(66)49(78-51-47(68)44(65)41(62)36(76-51)20-70-38(59)12-4-22-2-10-28(56)30(58)14-22)52(77-37)74-34-18-27-31(72-48(34)24-6-8-25(54)9-7-24)16-26(55)17-32(27)73-50-46(67)43(64)40(61)35(19-53)75-50/h2-18,31,35-37,40-47,49-58,61-68H,19-21H2,1H3/p+1/b12-4+,13-5+/t31?,35-,36-,37-,40-,41-,42-,43+,44+,45+,46-,47-,49-,50-,51+,52-/m1/s1.